The number of aryl methyl sites for hydroxylation is 1. The SMILES string of the molecule is Cc1ccc(Cl)c(Oc2cccc(N)c2)c1. The molecule has 82 valence electrons. The van der Waals surface area contributed by atoms with E-state index in [1.54, 1.807) is 6.07 Å². The van der Waals surface area contributed by atoms with Crippen LogP contribution in [0.15, 0.2) is 42.5 Å². The van der Waals surface area contributed by atoms with Crippen LogP contribution in [-0.2, 0) is 0 Å². The maximum Gasteiger partial charge on any atom is 0.146 e. The molecule has 2 nitrogen and oxygen atoms in total. The minimum absolute atomic E-state index is 0.591. The summed E-state index contributed by atoms with van der Waals surface area (Å²) in [6.07, 6.45) is 0. The van der Waals surface area contributed by atoms with E-state index < -0.39 is 0 Å². The van der Waals surface area contributed by atoms with E-state index in [0.29, 0.717) is 22.2 Å². The highest BCUT2D eigenvalue weighted by Gasteiger charge is 2.03. The van der Waals surface area contributed by atoms with Crippen molar-refractivity contribution in [3.05, 3.63) is 53.1 Å². The first kappa shape index (κ1) is 10.8. The van der Waals surface area contributed by atoms with Gasteiger partial charge in [-0.3, -0.25) is 0 Å². The molecule has 0 radical (unpaired) electrons. The van der Waals surface area contributed by atoms with Crippen molar-refractivity contribution in [2.75, 3.05) is 5.73 Å². The summed E-state index contributed by atoms with van der Waals surface area (Å²) in [6, 6.07) is 12.9. The van der Waals surface area contributed by atoms with Gasteiger partial charge in [0.05, 0.1) is 5.02 Å². The van der Waals surface area contributed by atoms with E-state index in [9.17, 15) is 0 Å². The lowest BCUT2D eigenvalue weighted by atomic mass is 10.2. The zero-order valence-electron chi connectivity index (χ0n) is 8.91. The van der Waals surface area contributed by atoms with Crippen molar-refractivity contribution in [2.45, 2.75) is 6.92 Å². The Morgan fingerprint density at radius 3 is 2.69 bits per heavy atom. The van der Waals surface area contributed by atoms with Gasteiger partial charge in [-0.15, -0.1) is 0 Å². The zero-order valence-corrected chi connectivity index (χ0v) is 9.66. The summed E-state index contributed by atoms with van der Waals surface area (Å²) in [4.78, 5) is 0. The van der Waals surface area contributed by atoms with Crippen LogP contribution in [0.3, 0.4) is 0 Å². The third-order valence-corrected chi connectivity index (χ3v) is 2.48. The third kappa shape index (κ3) is 2.47. The highest BCUT2D eigenvalue weighted by atomic mass is 35.5. The maximum atomic E-state index is 6.03. The van der Waals surface area contributed by atoms with Crippen LogP contribution in [0.4, 0.5) is 5.69 Å². The van der Waals surface area contributed by atoms with Crippen LogP contribution in [-0.4, -0.2) is 0 Å². The zero-order chi connectivity index (χ0) is 11.5. The predicted octanol–water partition coefficient (Wildman–Crippen LogP) is 4.02. The molecule has 0 aliphatic carbocycles. The molecule has 0 saturated carbocycles. The monoisotopic (exact) mass is 233 g/mol. The van der Waals surface area contributed by atoms with Crippen molar-refractivity contribution in [1.82, 2.24) is 0 Å². The van der Waals surface area contributed by atoms with Crippen molar-refractivity contribution >= 4 is 17.3 Å². The molecule has 0 spiro atoms. The van der Waals surface area contributed by atoms with E-state index in [4.69, 9.17) is 22.1 Å². The normalized spacial score (nSPS) is 10.1. The Labute approximate surface area is 99.6 Å². The molecule has 0 saturated heterocycles. The van der Waals surface area contributed by atoms with Gasteiger partial charge < -0.3 is 10.5 Å². The first-order chi connectivity index (χ1) is 7.65. The van der Waals surface area contributed by atoms with Gasteiger partial charge in [-0.25, -0.2) is 0 Å². The fourth-order valence-corrected chi connectivity index (χ4v) is 1.55. The molecular weight excluding hydrogens is 222 g/mol. The summed E-state index contributed by atoms with van der Waals surface area (Å²) < 4.78 is 5.66. The van der Waals surface area contributed by atoms with Gasteiger partial charge in [-0.05, 0) is 36.8 Å². The summed E-state index contributed by atoms with van der Waals surface area (Å²) >= 11 is 6.03. The predicted molar refractivity (Wildman–Crippen MR) is 67.1 cm³/mol. The molecule has 0 aliphatic heterocycles. The maximum absolute atomic E-state index is 6.03. The minimum atomic E-state index is 0.591. The van der Waals surface area contributed by atoms with Gasteiger partial charge in [0, 0.05) is 11.8 Å². The van der Waals surface area contributed by atoms with Crippen molar-refractivity contribution in [1.29, 1.82) is 0 Å². The third-order valence-electron chi connectivity index (χ3n) is 2.17. The number of hydrogen-bond acceptors (Lipinski definition) is 2. The molecule has 0 amide bonds. The molecule has 0 bridgehead atoms. The van der Waals surface area contributed by atoms with Gasteiger partial charge >= 0.3 is 0 Å². The van der Waals surface area contributed by atoms with E-state index in [2.05, 4.69) is 0 Å². The number of anilines is 1. The van der Waals surface area contributed by atoms with Gasteiger partial charge in [0.1, 0.15) is 11.5 Å². The molecule has 0 unspecified atom stereocenters. The summed E-state index contributed by atoms with van der Waals surface area (Å²) in [5.41, 5.74) is 7.44. The van der Waals surface area contributed by atoms with E-state index in [-0.39, 0.29) is 0 Å². The average molecular weight is 234 g/mol. The molecule has 0 fully saturated rings. The molecular formula is C13H12ClNO. The van der Waals surface area contributed by atoms with E-state index in [1.165, 1.54) is 0 Å². The average Bonchev–Trinajstić information content (AvgIpc) is 2.24. The number of halogens is 1. The Balaban J connectivity index is 2.30. The van der Waals surface area contributed by atoms with Crippen LogP contribution in [0.5, 0.6) is 11.5 Å². The van der Waals surface area contributed by atoms with Crippen molar-refractivity contribution in [3.8, 4) is 11.5 Å². The quantitative estimate of drug-likeness (QED) is 0.795. The van der Waals surface area contributed by atoms with E-state index in [1.807, 2.05) is 43.3 Å². The second kappa shape index (κ2) is 4.45. The Hall–Kier alpha value is -1.67. The Morgan fingerprint density at radius 1 is 1.12 bits per heavy atom. The second-order valence-electron chi connectivity index (χ2n) is 3.61. The summed E-state index contributed by atoms with van der Waals surface area (Å²) in [5.74, 6) is 1.33. The van der Waals surface area contributed by atoms with E-state index in [0.717, 1.165) is 5.56 Å². The molecule has 0 heterocycles. The number of rotatable bonds is 2. The Morgan fingerprint density at radius 2 is 1.94 bits per heavy atom. The molecule has 2 N–H and O–H groups in total. The van der Waals surface area contributed by atoms with Crippen LogP contribution >= 0.6 is 11.6 Å². The summed E-state index contributed by atoms with van der Waals surface area (Å²) in [7, 11) is 0. The van der Waals surface area contributed by atoms with Crippen LogP contribution in [0, 0.1) is 6.92 Å². The number of nitrogen functional groups attached to an aromatic ring is 1. The highest BCUT2D eigenvalue weighted by Crippen LogP contribution is 2.30. The van der Waals surface area contributed by atoms with Crippen LogP contribution < -0.4 is 10.5 Å². The largest absolute Gasteiger partial charge is 0.456 e. The summed E-state index contributed by atoms with van der Waals surface area (Å²) in [5, 5.41) is 0.591. The second-order valence-corrected chi connectivity index (χ2v) is 4.02. The van der Waals surface area contributed by atoms with Gasteiger partial charge in [0.15, 0.2) is 0 Å². The molecule has 0 atom stereocenters. The molecule has 2 aromatic carbocycles. The molecule has 0 aliphatic rings. The van der Waals surface area contributed by atoms with Gasteiger partial charge in [-0.1, -0.05) is 23.7 Å². The summed E-state index contributed by atoms with van der Waals surface area (Å²) in [6.45, 7) is 1.99. The lowest BCUT2D eigenvalue weighted by Gasteiger charge is -2.08. The first-order valence-electron chi connectivity index (χ1n) is 4.95. The standard InChI is InChI=1S/C13H12ClNO/c1-9-5-6-12(14)13(7-9)16-11-4-2-3-10(15)8-11/h2-8H,15H2,1H3. The number of benzene rings is 2. The van der Waals surface area contributed by atoms with Crippen LogP contribution in [0.25, 0.3) is 0 Å². The number of hydrogen-bond donors (Lipinski definition) is 1. The number of nitrogens with two attached hydrogens (primary N) is 1. The smallest absolute Gasteiger partial charge is 0.146 e. The molecule has 16 heavy (non-hydrogen) atoms. The van der Waals surface area contributed by atoms with Crippen LogP contribution in [0.2, 0.25) is 5.02 Å². The fraction of sp³-hybridized carbons (Fsp3) is 0.0769. The van der Waals surface area contributed by atoms with E-state index >= 15 is 0 Å². The van der Waals surface area contributed by atoms with Crippen molar-refractivity contribution < 1.29 is 4.74 Å². The van der Waals surface area contributed by atoms with Gasteiger partial charge in [-0.2, -0.15) is 0 Å². The highest BCUT2D eigenvalue weighted by molar-refractivity contribution is 6.32. The van der Waals surface area contributed by atoms with Crippen molar-refractivity contribution in [3.63, 3.8) is 0 Å². The van der Waals surface area contributed by atoms with Crippen LogP contribution in [0.1, 0.15) is 5.56 Å². The Bertz CT molecular complexity index is 511. The Kier molecular flexibility index (Phi) is 3.02. The lowest BCUT2D eigenvalue weighted by Crippen LogP contribution is -1.88. The first-order valence-corrected chi connectivity index (χ1v) is 5.32. The molecule has 3 heteroatoms. The minimum Gasteiger partial charge on any atom is -0.456 e. The fourth-order valence-electron chi connectivity index (χ4n) is 1.39. The lowest BCUT2D eigenvalue weighted by molar-refractivity contribution is 0.483. The molecule has 2 aromatic rings. The molecule has 2 rings (SSSR count). The van der Waals surface area contributed by atoms with Crippen molar-refractivity contribution in [2.24, 2.45) is 0 Å². The van der Waals surface area contributed by atoms with Gasteiger partial charge in [0.25, 0.3) is 0 Å². The topological polar surface area (TPSA) is 35.2 Å². The van der Waals surface area contributed by atoms with Gasteiger partial charge in [0.2, 0.25) is 0 Å². The molecule has 0 aromatic heterocycles. The number of ether oxygens (including phenoxy) is 1.